The molecule has 1 saturated heterocycles. The topological polar surface area (TPSA) is 70.7 Å². The molecule has 1 heterocycles. The van der Waals surface area contributed by atoms with Gasteiger partial charge in [0.25, 0.3) is 0 Å². The van der Waals surface area contributed by atoms with Crippen LogP contribution in [-0.4, -0.2) is 38.1 Å². The SMILES string of the molecule is CC(NC(=O)C1CCOCC1)C(=O)Nc1ccc(N(C)Cc2ccccc2)cc1. The van der Waals surface area contributed by atoms with Crippen molar-refractivity contribution in [2.45, 2.75) is 32.4 Å². The van der Waals surface area contributed by atoms with Gasteiger partial charge in [-0.2, -0.15) is 0 Å². The molecular formula is C23H29N3O3. The second-order valence-electron chi connectivity index (χ2n) is 7.49. The highest BCUT2D eigenvalue weighted by molar-refractivity contribution is 5.97. The average Bonchev–Trinajstić information content (AvgIpc) is 2.75. The monoisotopic (exact) mass is 395 g/mol. The Morgan fingerprint density at radius 3 is 2.38 bits per heavy atom. The molecule has 2 N–H and O–H groups in total. The van der Waals surface area contributed by atoms with Crippen molar-refractivity contribution in [3.05, 3.63) is 60.2 Å². The maximum atomic E-state index is 12.4. The van der Waals surface area contributed by atoms with Gasteiger partial charge in [0.2, 0.25) is 11.8 Å². The van der Waals surface area contributed by atoms with Gasteiger partial charge < -0.3 is 20.3 Å². The Bertz CT molecular complexity index is 802. The van der Waals surface area contributed by atoms with Gasteiger partial charge in [0, 0.05) is 44.1 Å². The number of hydrogen-bond donors (Lipinski definition) is 2. The second kappa shape index (κ2) is 10.1. The van der Waals surface area contributed by atoms with E-state index in [-0.39, 0.29) is 17.7 Å². The molecular weight excluding hydrogens is 366 g/mol. The fourth-order valence-electron chi connectivity index (χ4n) is 3.35. The first kappa shape index (κ1) is 20.9. The molecule has 154 valence electrons. The maximum absolute atomic E-state index is 12.4. The molecule has 6 heteroatoms. The number of benzene rings is 2. The van der Waals surface area contributed by atoms with Crippen molar-refractivity contribution >= 4 is 23.2 Å². The Morgan fingerprint density at radius 2 is 1.72 bits per heavy atom. The van der Waals surface area contributed by atoms with E-state index in [1.165, 1.54) is 5.56 Å². The first-order valence-electron chi connectivity index (χ1n) is 10.1. The zero-order valence-electron chi connectivity index (χ0n) is 17.1. The summed E-state index contributed by atoms with van der Waals surface area (Å²) in [4.78, 5) is 26.9. The van der Waals surface area contributed by atoms with Crippen molar-refractivity contribution in [1.82, 2.24) is 5.32 Å². The van der Waals surface area contributed by atoms with E-state index in [9.17, 15) is 9.59 Å². The van der Waals surface area contributed by atoms with Crippen molar-refractivity contribution in [2.24, 2.45) is 5.92 Å². The highest BCUT2D eigenvalue weighted by Gasteiger charge is 2.24. The van der Waals surface area contributed by atoms with Gasteiger partial charge >= 0.3 is 0 Å². The highest BCUT2D eigenvalue weighted by atomic mass is 16.5. The summed E-state index contributed by atoms with van der Waals surface area (Å²) in [5.41, 5.74) is 3.01. The summed E-state index contributed by atoms with van der Waals surface area (Å²) >= 11 is 0. The van der Waals surface area contributed by atoms with Crippen LogP contribution in [0.2, 0.25) is 0 Å². The number of hydrogen-bond acceptors (Lipinski definition) is 4. The lowest BCUT2D eigenvalue weighted by atomic mass is 9.99. The number of anilines is 2. The summed E-state index contributed by atoms with van der Waals surface area (Å²) in [6.45, 7) is 3.71. The Hall–Kier alpha value is -2.86. The minimum atomic E-state index is -0.592. The standard InChI is InChI=1S/C23H29N3O3/c1-17(24-23(28)19-12-14-29-15-13-19)22(27)25-20-8-10-21(11-9-20)26(2)16-18-6-4-3-5-7-18/h3-11,17,19H,12-16H2,1-2H3,(H,24,28)(H,25,27). The predicted molar refractivity (Wildman–Crippen MR) is 115 cm³/mol. The first-order valence-corrected chi connectivity index (χ1v) is 10.1. The van der Waals surface area contributed by atoms with Crippen LogP contribution >= 0.6 is 0 Å². The molecule has 0 aromatic heterocycles. The molecule has 0 aliphatic carbocycles. The molecule has 1 aliphatic heterocycles. The van der Waals surface area contributed by atoms with Crippen LogP contribution < -0.4 is 15.5 Å². The second-order valence-corrected chi connectivity index (χ2v) is 7.49. The van der Waals surface area contributed by atoms with Gasteiger partial charge in [0.15, 0.2) is 0 Å². The number of ether oxygens (including phenoxy) is 1. The Morgan fingerprint density at radius 1 is 1.07 bits per heavy atom. The van der Waals surface area contributed by atoms with Gasteiger partial charge in [-0.05, 0) is 49.6 Å². The molecule has 6 nitrogen and oxygen atoms in total. The molecule has 1 fully saturated rings. The summed E-state index contributed by atoms with van der Waals surface area (Å²) in [5.74, 6) is -0.372. The van der Waals surface area contributed by atoms with E-state index in [1.807, 2.05) is 49.5 Å². The van der Waals surface area contributed by atoms with Crippen molar-refractivity contribution in [2.75, 3.05) is 30.5 Å². The molecule has 0 radical (unpaired) electrons. The van der Waals surface area contributed by atoms with E-state index in [1.54, 1.807) is 6.92 Å². The van der Waals surface area contributed by atoms with Crippen LogP contribution in [0.25, 0.3) is 0 Å². The largest absolute Gasteiger partial charge is 0.381 e. The summed E-state index contributed by atoms with van der Waals surface area (Å²) in [5, 5.41) is 5.68. The van der Waals surface area contributed by atoms with Crippen molar-refractivity contribution in [1.29, 1.82) is 0 Å². The van der Waals surface area contributed by atoms with Crippen LogP contribution in [-0.2, 0) is 20.9 Å². The van der Waals surface area contributed by atoms with Crippen LogP contribution in [0.4, 0.5) is 11.4 Å². The van der Waals surface area contributed by atoms with Crippen LogP contribution in [0, 0.1) is 5.92 Å². The van der Waals surface area contributed by atoms with E-state index in [0.29, 0.717) is 31.7 Å². The summed E-state index contributed by atoms with van der Waals surface area (Å²) in [6, 6.07) is 17.4. The summed E-state index contributed by atoms with van der Waals surface area (Å²) in [6.07, 6.45) is 1.41. The molecule has 3 rings (SSSR count). The van der Waals surface area contributed by atoms with Gasteiger partial charge in [-0.15, -0.1) is 0 Å². The number of rotatable bonds is 7. The van der Waals surface area contributed by atoms with E-state index in [4.69, 9.17) is 4.74 Å². The third-order valence-electron chi connectivity index (χ3n) is 5.18. The molecule has 1 atom stereocenters. The third kappa shape index (κ3) is 6.06. The van der Waals surface area contributed by atoms with Crippen LogP contribution in [0.15, 0.2) is 54.6 Å². The molecule has 0 bridgehead atoms. The molecule has 2 amide bonds. The number of carbonyl (C=O) groups excluding carboxylic acids is 2. The quantitative estimate of drug-likeness (QED) is 0.755. The van der Waals surface area contributed by atoms with Gasteiger partial charge in [-0.1, -0.05) is 30.3 Å². The number of nitrogens with zero attached hydrogens (tertiary/aromatic N) is 1. The van der Waals surface area contributed by atoms with Crippen LogP contribution in [0.5, 0.6) is 0 Å². The predicted octanol–water partition coefficient (Wildman–Crippen LogP) is 3.19. The molecule has 2 aromatic rings. The van der Waals surface area contributed by atoms with Crippen LogP contribution in [0.3, 0.4) is 0 Å². The molecule has 0 saturated carbocycles. The van der Waals surface area contributed by atoms with E-state index in [2.05, 4.69) is 27.7 Å². The fourth-order valence-corrected chi connectivity index (χ4v) is 3.35. The normalized spacial score (nSPS) is 15.4. The molecule has 29 heavy (non-hydrogen) atoms. The van der Waals surface area contributed by atoms with E-state index < -0.39 is 6.04 Å². The Balaban J connectivity index is 1.50. The lowest BCUT2D eigenvalue weighted by Crippen LogP contribution is -2.45. The summed E-state index contributed by atoms with van der Waals surface area (Å²) in [7, 11) is 2.04. The lowest BCUT2D eigenvalue weighted by molar-refractivity contribution is -0.131. The number of nitrogens with one attached hydrogen (secondary N) is 2. The minimum absolute atomic E-state index is 0.0709. The van der Waals surface area contributed by atoms with Crippen molar-refractivity contribution < 1.29 is 14.3 Å². The van der Waals surface area contributed by atoms with Gasteiger partial charge in [0.1, 0.15) is 6.04 Å². The van der Waals surface area contributed by atoms with E-state index in [0.717, 1.165) is 12.2 Å². The number of amides is 2. The van der Waals surface area contributed by atoms with Gasteiger partial charge in [0.05, 0.1) is 0 Å². The summed E-state index contributed by atoms with van der Waals surface area (Å²) < 4.78 is 5.28. The molecule has 0 spiro atoms. The fraction of sp³-hybridized carbons (Fsp3) is 0.391. The van der Waals surface area contributed by atoms with E-state index >= 15 is 0 Å². The average molecular weight is 396 g/mol. The molecule has 2 aromatic carbocycles. The Labute approximate surface area is 172 Å². The zero-order chi connectivity index (χ0) is 20.6. The zero-order valence-corrected chi connectivity index (χ0v) is 17.1. The van der Waals surface area contributed by atoms with Crippen molar-refractivity contribution in [3.63, 3.8) is 0 Å². The number of carbonyl (C=O) groups is 2. The van der Waals surface area contributed by atoms with Gasteiger partial charge in [-0.3, -0.25) is 9.59 Å². The third-order valence-corrected chi connectivity index (χ3v) is 5.18. The minimum Gasteiger partial charge on any atom is -0.381 e. The van der Waals surface area contributed by atoms with Crippen molar-refractivity contribution in [3.8, 4) is 0 Å². The Kier molecular flexibility index (Phi) is 7.25. The lowest BCUT2D eigenvalue weighted by Gasteiger charge is -2.23. The maximum Gasteiger partial charge on any atom is 0.246 e. The van der Waals surface area contributed by atoms with Gasteiger partial charge in [-0.25, -0.2) is 0 Å². The highest BCUT2D eigenvalue weighted by Crippen LogP contribution is 2.19. The molecule has 1 aliphatic rings. The first-order chi connectivity index (χ1) is 14.0. The molecule has 1 unspecified atom stereocenters. The van der Waals surface area contributed by atoms with Crippen LogP contribution in [0.1, 0.15) is 25.3 Å². The smallest absolute Gasteiger partial charge is 0.246 e.